The van der Waals surface area contributed by atoms with Crippen molar-refractivity contribution in [3.63, 3.8) is 0 Å². The second-order valence-electron chi connectivity index (χ2n) is 6.49. The van der Waals surface area contributed by atoms with E-state index < -0.39 is 11.9 Å². The summed E-state index contributed by atoms with van der Waals surface area (Å²) in [6.07, 6.45) is 1.50. The second-order valence-corrected chi connectivity index (χ2v) is 7.41. The van der Waals surface area contributed by atoms with E-state index in [1.54, 1.807) is 54.6 Å². The molecule has 0 aliphatic heterocycles. The van der Waals surface area contributed by atoms with E-state index in [4.69, 9.17) is 9.84 Å². The third kappa shape index (κ3) is 6.29. The van der Waals surface area contributed by atoms with Crippen molar-refractivity contribution in [1.29, 1.82) is 5.26 Å². The topological polar surface area (TPSA) is 99.4 Å². The molecule has 3 aromatic rings. The smallest absolute Gasteiger partial charge is 0.335 e. The van der Waals surface area contributed by atoms with Crippen LogP contribution in [0.3, 0.4) is 0 Å². The van der Waals surface area contributed by atoms with Crippen molar-refractivity contribution in [3.8, 4) is 11.8 Å². The lowest BCUT2D eigenvalue weighted by molar-refractivity contribution is -0.112. The lowest BCUT2D eigenvalue weighted by Crippen LogP contribution is -2.13. The van der Waals surface area contributed by atoms with Gasteiger partial charge in [0.25, 0.3) is 5.91 Å². The Morgan fingerprint density at radius 2 is 1.77 bits per heavy atom. The largest absolute Gasteiger partial charge is 0.489 e. The van der Waals surface area contributed by atoms with Crippen LogP contribution in [0.2, 0.25) is 0 Å². The average molecular weight is 477 g/mol. The van der Waals surface area contributed by atoms with Crippen LogP contribution in [-0.2, 0) is 11.4 Å². The molecule has 0 unspecified atom stereocenters. The molecule has 154 valence electrons. The molecule has 7 heteroatoms. The van der Waals surface area contributed by atoms with Crippen molar-refractivity contribution < 1.29 is 19.4 Å². The van der Waals surface area contributed by atoms with Crippen LogP contribution < -0.4 is 10.1 Å². The van der Waals surface area contributed by atoms with Crippen molar-refractivity contribution in [3.05, 3.63) is 99.5 Å². The zero-order valence-electron chi connectivity index (χ0n) is 16.2. The van der Waals surface area contributed by atoms with Gasteiger partial charge in [0.1, 0.15) is 24.0 Å². The maximum Gasteiger partial charge on any atom is 0.335 e. The van der Waals surface area contributed by atoms with Gasteiger partial charge in [0.05, 0.1) is 5.56 Å². The van der Waals surface area contributed by atoms with Gasteiger partial charge in [-0.15, -0.1) is 0 Å². The van der Waals surface area contributed by atoms with Crippen LogP contribution in [0.4, 0.5) is 5.69 Å². The summed E-state index contributed by atoms with van der Waals surface area (Å²) >= 11 is 3.34. The molecule has 0 atom stereocenters. The molecule has 0 spiro atoms. The molecule has 0 fully saturated rings. The van der Waals surface area contributed by atoms with Gasteiger partial charge >= 0.3 is 5.97 Å². The highest BCUT2D eigenvalue weighted by Gasteiger charge is 2.10. The standard InChI is InChI=1S/C24H17BrN2O4/c25-20-2-1-3-21(13-20)27-23(28)19(14-26)12-16-6-10-22(11-7-16)31-15-17-4-8-18(9-5-17)24(29)30/h1-13H,15H2,(H,27,28)(H,29,30)/b19-12-. The van der Waals surface area contributed by atoms with Crippen molar-refractivity contribution in [1.82, 2.24) is 0 Å². The normalized spacial score (nSPS) is 10.8. The number of carbonyl (C=O) groups excluding carboxylic acids is 1. The summed E-state index contributed by atoms with van der Waals surface area (Å²) in [5.74, 6) is -0.861. The number of ether oxygens (including phenoxy) is 1. The zero-order valence-corrected chi connectivity index (χ0v) is 17.8. The Labute approximate surface area is 187 Å². The first-order valence-corrected chi connectivity index (χ1v) is 9.98. The number of rotatable bonds is 7. The zero-order chi connectivity index (χ0) is 22.2. The fourth-order valence-electron chi connectivity index (χ4n) is 2.65. The molecular weight excluding hydrogens is 460 g/mol. The third-order valence-corrected chi connectivity index (χ3v) is 4.74. The maximum atomic E-state index is 12.4. The summed E-state index contributed by atoms with van der Waals surface area (Å²) in [6, 6.07) is 22.4. The summed E-state index contributed by atoms with van der Waals surface area (Å²) < 4.78 is 6.52. The Morgan fingerprint density at radius 1 is 1.06 bits per heavy atom. The van der Waals surface area contributed by atoms with E-state index in [1.807, 2.05) is 12.1 Å². The van der Waals surface area contributed by atoms with Crippen molar-refractivity contribution >= 4 is 39.6 Å². The lowest BCUT2D eigenvalue weighted by Gasteiger charge is -2.07. The quantitative estimate of drug-likeness (QED) is 0.357. The summed E-state index contributed by atoms with van der Waals surface area (Å²) in [5.41, 5.74) is 2.30. The van der Waals surface area contributed by atoms with E-state index in [2.05, 4.69) is 21.2 Å². The van der Waals surface area contributed by atoms with Crippen molar-refractivity contribution in [2.75, 3.05) is 5.32 Å². The molecule has 0 saturated carbocycles. The number of nitrogens with one attached hydrogen (secondary N) is 1. The second kappa shape index (κ2) is 10.2. The van der Waals surface area contributed by atoms with Gasteiger partial charge in [-0.25, -0.2) is 4.79 Å². The molecule has 2 N–H and O–H groups in total. The number of anilines is 1. The summed E-state index contributed by atoms with van der Waals surface area (Å²) in [7, 11) is 0. The molecule has 3 aromatic carbocycles. The fraction of sp³-hybridized carbons (Fsp3) is 0.0417. The highest BCUT2D eigenvalue weighted by Crippen LogP contribution is 2.19. The number of hydrogen-bond donors (Lipinski definition) is 2. The molecule has 6 nitrogen and oxygen atoms in total. The predicted molar refractivity (Wildman–Crippen MR) is 121 cm³/mol. The van der Waals surface area contributed by atoms with E-state index in [-0.39, 0.29) is 17.7 Å². The molecular formula is C24H17BrN2O4. The van der Waals surface area contributed by atoms with Gasteiger partial charge < -0.3 is 15.2 Å². The van der Waals surface area contributed by atoms with Gasteiger partial charge in [0, 0.05) is 10.2 Å². The van der Waals surface area contributed by atoms with Gasteiger partial charge in [0.15, 0.2) is 0 Å². The number of carboxylic acids is 1. The van der Waals surface area contributed by atoms with Gasteiger partial charge in [0.2, 0.25) is 0 Å². The van der Waals surface area contributed by atoms with Crippen LogP contribution in [0.25, 0.3) is 6.08 Å². The minimum atomic E-state index is -0.974. The Kier molecular flexibility index (Phi) is 7.20. The minimum absolute atomic E-state index is 0.0211. The molecule has 0 aliphatic carbocycles. The Bertz CT molecular complexity index is 1160. The van der Waals surface area contributed by atoms with Crippen LogP contribution in [-0.4, -0.2) is 17.0 Å². The summed E-state index contributed by atoms with van der Waals surface area (Å²) in [6.45, 7) is 0.285. The minimum Gasteiger partial charge on any atom is -0.489 e. The van der Waals surface area contributed by atoms with E-state index in [0.717, 1.165) is 10.0 Å². The average Bonchev–Trinajstić information content (AvgIpc) is 2.77. The van der Waals surface area contributed by atoms with Crippen LogP contribution >= 0.6 is 15.9 Å². The van der Waals surface area contributed by atoms with Crippen LogP contribution in [0.15, 0.2) is 82.8 Å². The molecule has 3 rings (SSSR count). The fourth-order valence-corrected chi connectivity index (χ4v) is 3.05. The monoisotopic (exact) mass is 476 g/mol. The predicted octanol–water partition coefficient (Wildman–Crippen LogP) is 5.27. The number of carbonyl (C=O) groups is 2. The molecule has 0 aromatic heterocycles. The van der Waals surface area contributed by atoms with E-state index in [0.29, 0.717) is 17.0 Å². The summed E-state index contributed by atoms with van der Waals surface area (Å²) in [4.78, 5) is 23.3. The number of nitrogens with zero attached hydrogens (tertiary/aromatic N) is 1. The number of halogens is 1. The third-order valence-electron chi connectivity index (χ3n) is 4.25. The highest BCUT2D eigenvalue weighted by molar-refractivity contribution is 9.10. The molecule has 0 saturated heterocycles. The molecule has 0 aliphatic rings. The van der Waals surface area contributed by atoms with Crippen LogP contribution in [0.5, 0.6) is 5.75 Å². The van der Waals surface area contributed by atoms with Crippen LogP contribution in [0.1, 0.15) is 21.5 Å². The number of nitriles is 1. The number of benzene rings is 3. The first kappa shape index (κ1) is 21.8. The first-order valence-electron chi connectivity index (χ1n) is 9.18. The molecule has 0 heterocycles. The Balaban J connectivity index is 1.62. The molecule has 0 radical (unpaired) electrons. The maximum absolute atomic E-state index is 12.4. The highest BCUT2D eigenvalue weighted by atomic mass is 79.9. The SMILES string of the molecule is N#C/C(=C/c1ccc(OCc2ccc(C(=O)O)cc2)cc1)C(=O)Nc1cccc(Br)c1. The molecule has 0 bridgehead atoms. The van der Waals surface area contributed by atoms with Gasteiger partial charge in [-0.3, -0.25) is 4.79 Å². The van der Waals surface area contributed by atoms with Crippen molar-refractivity contribution in [2.45, 2.75) is 6.61 Å². The van der Waals surface area contributed by atoms with E-state index in [9.17, 15) is 14.9 Å². The molecule has 1 amide bonds. The lowest BCUT2D eigenvalue weighted by atomic mass is 10.1. The number of carboxylic acid groups (broad SMARTS) is 1. The Hall–Kier alpha value is -3.89. The van der Waals surface area contributed by atoms with Gasteiger partial charge in [-0.1, -0.05) is 46.3 Å². The van der Waals surface area contributed by atoms with Gasteiger partial charge in [-0.05, 0) is 59.7 Å². The molecule has 31 heavy (non-hydrogen) atoms. The van der Waals surface area contributed by atoms with E-state index >= 15 is 0 Å². The van der Waals surface area contributed by atoms with E-state index in [1.165, 1.54) is 18.2 Å². The number of aromatic carboxylic acids is 1. The summed E-state index contributed by atoms with van der Waals surface area (Å²) in [5, 5.41) is 21.0. The first-order chi connectivity index (χ1) is 14.9. The van der Waals surface area contributed by atoms with Crippen molar-refractivity contribution in [2.24, 2.45) is 0 Å². The van der Waals surface area contributed by atoms with Gasteiger partial charge in [-0.2, -0.15) is 5.26 Å². The number of amides is 1. The van der Waals surface area contributed by atoms with Crippen LogP contribution in [0, 0.1) is 11.3 Å². The Morgan fingerprint density at radius 3 is 2.39 bits per heavy atom. The number of hydrogen-bond acceptors (Lipinski definition) is 4.